The van der Waals surface area contributed by atoms with Gasteiger partial charge in [-0.25, -0.2) is 0 Å². The van der Waals surface area contributed by atoms with E-state index in [0.29, 0.717) is 0 Å². The predicted octanol–water partition coefficient (Wildman–Crippen LogP) is -1.08. The highest BCUT2D eigenvalue weighted by Crippen LogP contribution is 1.96. The van der Waals surface area contributed by atoms with Crippen LogP contribution in [0.3, 0.4) is 0 Å². The Morgan fingerprint density at radius 2 is 2.33 bits per heavy atom. The summed E-state index contributed by atoms with van der Waals surface area (Å²) in [4.78, 5) is 22.7. The molecule has 0 bridgehead atoms. The van der Waals surface area contributed by atoms with Crippen molar-refractivity contribution in [3.8, 4) is 0 Å². The van der Waals surface area contributed by atoms with E-state index in [-0.39, 0.29) is 31.4 Å². The molecule has 1 atom stereocenters. The van der Waals surface area contributed by atoms with Gasteiger partial charge in [0, 0.05) is 13.6 Å². The van der Waals surface area contributed by atoms with Crippen LogP contribution >= 0.6 is 12.4 Å². The number of rotatable bonds is 1. The van der Waals surface area contributed by atoms with Gasteiger partial charge in [0.2, 0.25) is 5.91 Å². The third kappa shape index (κ3) is 2.35. The molecular weight excluding hydrogens is 184 g/mol. The van der Waals surface area contributed by atoms with Crippen LogP contribution in [0.2, 0.25) is 0 Å². The molecule has 70 valence electrons. The minimum atomic E-state index is -0.913. The number of halogens is 1. The van der Waals surface area contributed by atoms with Gasteiger partial charge in [-0.2, -0.15) is 0 Å². The van der Waals surface area contributed by atoms with Gasteiger partial charge < -0.3 is 10.0 Å². The van der Waals surface area contributed by atoms with Crippen molar-refractivity contribution in [1.29, 1.82) is 0 Å². The summed E-state index contributed by atoms with van der Waals surface area (Å²) in [5.74, 6) is -0.980. The second-order valence-corrected chi connectivity index (χ2v) is 2.55. The summed E-state index contributed by atoms with van der Waals surface area (Å²) in [7, 11) is 1.60. The Morgan fingerprint density at radius 1 is 1.75 bits per heavy atom. The fourth-order valence-electron chi connectivity index (χ4n) is 0.951. The highest BCUT2D eigenvalue weighted by atomic mass is 35.5. The van der Waals surface area contributed by atoms with Crippen LogP contribution in [0.25, 0.3) is 0 Å². The molecule has 1 heterocycles. The average Bonchev–Trinajstić information content (AvgIpc) is 1.94. The van der Waals surface area contributed by atoms with Crippen molar-refractivity contribution in [3.05, 3.63) is 0 Å². The first-order chi connectivity index (χ1) is 5.11. The first-order valence-corrected chi connectivity index (χ1v) is 3.31. The van der Waals surface area contributed by atoms with E-state index >= 15 is 0 Å². The number of amides is 1. The van der Waals surface area contributed by atoms with E-state index < -0.39 is 12.0 Å². The lowest BCUT2D eigenvalue weighted by molar-refractivity contribution is -0.143. The number of carboxylic acid groups (broad SMARTS) is 1. The summed E-state index contributed by atoms with van der Waals surface area (Å²) in [6.07, 6.45) is 0. The monoisotopic (exact) mass is 194 g/mol. The summed E-state index contributed by atoms with van der Waals surface area (Å²) < 4.78 is 0. The van der Waals surface area contributed by atoms with Gasteiger partial charge in [-0.1, -0.05) is 0 Å². The molecule has 1 aliphatic heterocycles. The third-order valence-corrected chi connectivity index (χ3v) is 1.68. The molecule has 1 aliphatic rings. The van der Waals surface area contributed by atoms with Gasteiger partial charge in [-0.15, -0.1) is 12.4 Å². The molecule has 6 heteroatoms. The number of nitrogens with zero attached hydrogens (tertiary/aromatic N) is 1. The Hall–Kier alpha value is -0.810. The number of aliphatic carboxylic acids is 1. The number of nitrogens with one attached hydrogen (secondary N) is 1. The van der Waals surface area contributed by atoms with Crippen LogP contribution in [0.4, 0.5) is 0 Å². The molecular formula is C6H11ClN2O3. The van der Waals surface area contributed by atoms with Gasteiger partial charge in [-0.05, 0) is 0 Å². The van der Waals surface area contributed by atoms with Crippen LogP contribution < -0.4 is 5.32 Å². The number of hydrogen-bond acceptors (Lipinski definition) is 3. The predicted molar refractivity (Wildman–Crippen MR) is 44.3 cm³/mol. The summed E-state index contributed by atoms with van der Waals surface area (Å²) in [5, 5.41) is 11.1. The van der Waals surface area contributed by atoms with Crippen molar-refractivity contribution < 1.29 is 14.7 Å². The van der Waals surface area contributed by atoms with Crippen LogP contribution in [-0.2, 0) is 9.59 Å². The lowest BCUT2D eigenvalue weighted by Gasteiger charge is -2.27. The molecule has 0 unspecified atom stereocenters. The van der Waals surface area contributed by atoms with Crippen LogP contribution in [0.5, 0.6) is 0 Å². The molecule has 1 amide bonds. The summed E-state index contributed by atoms with van der Waals surface area (Å²) in [6.45, 7) is 0.363. The van der Waals surface area contributed by atoms with Crippen LogP contribution in [0, 0.1) is 0 Å². The Labute approximate surface area is 76.1 Å². The van der Waals surface area contributed by atoms with Crippen molar-refractivity contribution in [2.24, 2.45) is 0 Å². The number of carboxylic acids is 1. The molecule has 0 aromatic carbocycles. The molecule has 0 radical (unpaired) electrons. The quantitative estimate of drug-likeness (QED) is 0.558. The molecule has 0 spiro atoms. The summed E-state index contributed by atoms with van der Waals surface area (Å²) >= 11 is 0. The van der Waals surface area contributed by atoms with E-state index in [4.69, 9.17) is 5.11 Å². The maximum atomic E-state index is 10.8. The van der Waals surface area contributed by atoms with Crippen LogP contribution in [-0.4, -0.2) is 48.1 Å². The minimum Gasteiger partial charge on any atom is -0.480 e. The Kier molecular flexibility index (Phi) is 3.99. The second-order valence-electron chi connectivity index (χ2n) is 2.55. The Balaban J connectivity index is 0.00000121. The highest BCUT2D eigenvalue weighted by Gasteiger charge is 2.26. The van der Waals surface area contributed by atoms with E-state index in [1.165, 1.54) is 4.90 Å². The smallest absolute Gasteiger partial charge is 0.322 e. The Bertz CT molecular complexity index is 197. The maximum Gasteiger partial charge on any atom is 0.322 e. The number of carbonyl (C=O) groups is 2. The fraction of sp³-hybridized carbons (Fsp3) is 0.667. The molecule has 0 aliphatic carbocycles. The molecule has 1 fully saturated rings. The summed E-state index contributed by atoms with van der Waals surface area (Å²) in [5.41, 5.74) is 0. The third-order valence-electron chi connectivity index (χ3n) is 1.68. The topological polar surface area (TPSA) is 69.6 Å². The van der Waals surface area contributed by atoms with Gasteiger partial charge in [0.05, 0.1) is 6.54 Å². The van der Waals surface area contributed by atoms with E-state index in [0.717, 1.165) is 0 Å². The number of carbonyl (C=O) groups excluding carboxylic acids is 1. The minimum absolute atomic E-state index is 0. The fourth-order valence-corrected chi connectivity index (χ4v) is 0.951. The van der Waals surface area contributed by atoms with E-state index in [9.17, 15) is 9.59 Å². The molecule has 12 heavy (non-hydrogen) atoms. The normalized spacial score (nSPS) is 23.2. The second kappa shape index (κ2) is 4.27. The van der Waals surface area contributed by atoms with Crippen molar-refractivity contribution in [3.63, 3.8) is 0 Å². The summed E-state index contributed by atoms with van der Waals surface area (Å²) in [6, 6.07) is -0.613. The van der Waals surface area contributed by atoms with Gasteiger partial charge in [-0.3, -0.25) is 14.9 Å². The van der Waals surface area contributed by atoms with E-state index in [1.807, 2.05) is 0 Å². The van der Waals surface area contributed by atoms with Gasteiger partial charge in [0.1, 0.15) is 6.04 Å². The molecule has 1 rings (SSSR count). The van der Waals surface area contributed by atoms with Gasteiger partial charge in [0.15, 0.2) is 0 Å². The van der Waals surface area contributed by atoms with Crippen molar-refractivity contribution in [2.75, 3.05) is 20.1 Å². The first kappa shape index (κ1) is 11.2. The lowest BCUT2D eigenvalue weighted by Crippen LogP contribution is -2.55. The molecule has 0 aromatic rings. The van der Waals surface area contributed by atoms with E-state index in [1.54, 1.807) is 7.05 Å². The first-order valence-electron chi connectivity index (χ1n) is 3.31. The standard InChI is InChI=1S/C6H10N2O3.ClH/c1-8-3-4(6(10)11)7-2-5(8)9;/h4,7H,2-3H2,1H3,(H,10,11);1H/t4-;/m1./s1. The number of likely N-dealkylation sites (N-methyl/N-ethyl adjacent to an activating group) is 1. The number of hydrogen-bond donors (Lipinski definition) is 2. The average molecular weight is 195 g/mol. The van der Waals surface area contributed by atoms with Gasteiger partial charge in [0.25, 0.3) is 0 Å². The molecule has 0 aromatic heterocycles. The van der Waals surface area contributed by atoms with Crippen molar-refractivity contribution in [1.82, 2.24) is 10.2 Å². The molecule has 5 nitrogen and oxygen atoms in total. The molecule has 0 saturated carbocycles. The maximum absolute atomic E-state index is 10.8. The van der Waals surface area contributed by atoms with Crippen molar-refractivity contribution >= 4 is 24.3 Å². The molecule has 2 N–H and O–H groups in total. The van der Waals surface area contributed by atoms with Crippen LogP contribution in [0.1, 0.15) is 0 Å². The highest BCUT2D eigenvalue weighted by molar-refractivity contribution is 5.85. The van der Waals surface area contributed by atoms with Crippen LogP contribution in [0.15, 0.2) is 0 Å². The number of piperazine rings is 1. The largest absolute Gasteiger partial charge is 0.480 e. The zero-order chi connectivity index (χ0) is 8.43. The Morgan fingerprint density at radius 3 is 2.75 bits per heavy atom. The zero-order valence-electron chi connectivity index (χ0n) is 6.61. The lowest BCUT2D eigenvalue weighted by atomic mass is 10.2. The van der Waals surface area contributed by atoms with E-state index in [2.05, 4.69) is 5.32 Å². The SMILES string of the molecule is CN1C[C@H](C(=O)O)NCC1=O.Cl. The zero-order valence-corrected chi connectivity index (χ0v) is 7.43. The van der Waals surface area contributed by atoms with Gasteiger partial charge >= 0.3 is 5.97 Å². The van der Waals surface area contributed by atoms with Crippen molar-refractivity contribution in [2.45, 2.75) is 6.04 Å². The molecule has 1 saturated heterocycles.